The molecule has 0 saturated carbocycles. The topological polar surface area (TPSA) is 54.7 Å². The molecule has 0 fully saturated rings. The normalized spacial score (nSPS) is 13.1. The number of aryl methyl sites for hydroxylation is 1. The fourth-order valence-electron chi connectivity index (χ4n) is 2.50. The molecule has 0 saturated heterocycles. The SMILES string of the molecule is Cc1oc2ccccc2c1CNCC(C)N(C)C(=O)OC(C)(C)C. The van der Waals surface area contributed by atoms with Crippen LogP contribution >= 0.6 is 0 Å². The Morgan fingerprint density at radius 2 is 2.00 bits per heavy atom. The molecule has 1 unspecified atom stereocenters. The maximum Gasteiger partial charge on any atom is 0.410 e. The van der Waals surface area contributed by atoms with Crippen molar-refractivity contribution in [2.24, 2.45) is 0 Å². The van der Waals surface area contributed by atoms with Gasteiger partial charge in [-0.15, -0.1) is 0 Å². The number of hydrogen-bond donors (Lipinski definition) is 1. The van der Waals surface area contributed by atoms with Crippen molar-refractivity contribution in [3.8, 4) is 0 Å². The standard InChI is InChI=1S/C19H28N2O3/c1-13(21(6)18(22)24-19(3,4)5)11-20-12-16-14(2)23-17-10-8-7-9-15(16)17/h7-10,13,20H,11-12H2,1-6H3. The lowest BCUT2D eigenvalue weighted by Crippen LogP contribution is -2.43. The first-order chi connectivity index (χ1) is 11.2. The first-order valence-electron chi connectivity index (χ1n) is 8.32. The summed E-state index contributed by atoms with van der Waals surface area (Å²) in [6, 6.07) is 8.06. The zero-order valence-electron chi connectivity index (χ0n) is 15.5. The second-order valence-corrected chi connectivity index (χ2v) is 7.20. The number of carbonyl (C=O) groups is 1. The molecule has 1 heterocycles. The molecule has 0 bridgehead atoms. The number of nitrogens with one attached hydrogen (secondary N) is 1. The number of fused-ring (bicyclic) bond motifs is 1. The lowest BCUT2D eigenvalue weighted by atomic mass is 10.1. The van der Waals surface area contributed by atoms with E-state index < -0.39 is 5.60 Å². The van der Waals surface area contributed by atoms with Crippen LogP contribution in [-0.2, 0) is 11.3 Å². The molecule has 1 aromatic carbocycles. The predicted octanol–water partition coefficient (Wildman–Crippen LogP) is 4.09. The highest BCUT2D eigenvalue weighted by molar-refractivity contribution is 5.82. The Labute approximate surface area is 144 Å². The summed E-state index contributed by atoms with van der Waals surface area (Å²) in [4.78, 5) is 13.7. The van der Waals surface area contributed by atoms with Crippen LogP contribution < -0.4 is 5.32 Å². The zero-order valence-corrected chi connectivity index (χ0v) is 15.5. The minimum absolute atomic E-state index is 0.0262. The third-order valence-electron chi connectivity index (χ3n) is 3.98. The second-order valence-electron chi connectivity index (χ2n) is 7.20. The number of likely N-dealkylation sites (N-methyl/N-ethyl adjacent to an activating group) is 1. The van der Waals surface area contributed by atoms with Crippen LogP contribution in [0.1, 0.15) is 39.0 Å². The molecule has 0 aliphatic rings. The van der Waals surface area contributed by atoms with Gasteiger partial charge in [-0.2, -0.15) is 0 Å². The van der Waals surface area contributed by atoms with E-state index in [0.29, 0.717) is 13.1 Å². The van der Waals surface area contributed by atoms with E-state index in [-0.39, 0.29) is 12.1 Å². The van der Waals surface area contributed by atoms with Crippen LogP contribution in [0.15, 0.2) is 28.7 Å². The number of hydrogen-bond acceptors (Lipinski definition) is 4. The number of amides is 1. The largest absolute Gasteiger partial charge is 0.461 e. The average molecular weight is 332 g/mol. The third-order valence-corrected chi connectivity index (χ3v) is 3.98. The van der Waals surface area contributed by atoms with Gasteiger partial charge in [0.15, 0.2) is 0 Å². The molecule has 0 radical (unpaired) electrons. The molecule has 0 spiro atoms. The number of para-hydroxylation sites is 1. The van der Waals surface area contributed by atoms with E-state index in [4.69, 9.17) is 9.15 Å². The first kappa shape index (κ1) is 18.3. The Morgan fingerprint density at radius 1 is 1.33 bits per heavy atom. The van der Waals surface area contributed by atoms with E-state index in [1.165, 1.54) is 0 Å². The van der Waals surface area contributed by atoms with Gasteiger partial charge >= 0.3 is 6.09 Å². The smallest absolute Gasteiger partial charge is 0.410 e. The molecule has 0 aliphatic carbocycles. The first-order valence-corrected chi connectivity index (χ1v) is 8.32. The van der Waals surface area contributed by atoms with Crippen LogP contribution in [0.25, 0.3) is 11.0 Å². The summed E-state index contributed by atoms with van der Waals surface area (Å²) >= 11 is 0. The van der Waals surface area contributed by atoms with Gasteiger partial charge in [0.05, 0.1) is 0 Å². The molecule has 1 aromatic heterocycles. The Hall–Kier alpha value is -2.01. The van der Waals surface area contributed by atoms with E-state index in [1.54, 1.807) is 11.9 Å². The highest BCUT2D eigenvalue weighted by Gasteiger charge is 2.22. The lowest BCUT2D eigenvalue weighted by molar-refractivity contribution is 0.0236. The average Bonchev–Trinajstić information content (AvgIpc) is 2.80. The van der Waals surface area contributed by atoms with E-state index in [0.717, 1.165) is 22.3 Å². The Morgan fingerprint density at radius 3 is 2.67 bits per heavy atom. The van der Waals surface area contributed by atoms with Gasteiger partial charge in [-0.1, -0.05) is 18.2 Å². The molecular formula is C19H28N2O3. The van der Waals surface area contributed by atoms with Crippen molar-refractivity contribution in [2.75, 3.05) is 13.6 Å². The Kier molecular flexibility index (Phi) is 5.54. The van der Waals surface area contributed by atoms with Gasteiger partial charge in [0.1, 0.15) is 16.9 Å². The number of furan rings is 1. The van der Waals surface area contributed by atoms with Crippen LogP contribution in [0.4, 0.5) is 4.79 Å². The summed E-state index contributed by atoms with van der Waals surface area (Å²) in [5.74, 6) is 0.928. The van der Waals surface area contributed by atoms with Crippen molar-refractivity contribution in [2.45, 2.75) is 52.8 Å². The molecule has 0 aliphatic heterocycles. The lowest BCUT2D eigenvalue weighted by Gasteiger charge is -2.28. The van der Waals surface area contributed by atoms with E-state index in [9.17, 15) is 4.79 Å². The summed E-state index contributed by atoms with van der Waals surface area (Å²) in [5.41, 5.74) is 1.59. The quantitative estimate of drug-likeness (QED) is 0.896. The van der Waals surface area contributed by atoms with Crippen LogP contribution in [-0.4, -0.2) is 36.2 Å². The minimum atomic E-state index is -0.481. The highest BCUT2D eigenvalue weighted by atomic mass is 16.6. The molecule has 5 nitrogen and oxygen atoms in total. The molecule has 5 heteroatoms. The fourth-order valence-corrected chi connectivity index (χ4v) is 2.50. The van der Waals surface area contributed by atoms with Crippen molar-refractivity contribution in [3.63, 3.8) is 0 Å². The maximum atomic E-state index is 12.1. The van der Waals surface area contributed by atoms with Crippen molar-refractivity contribution in [3.05, 3.63) is 35.6 Å². The van der Waals surface area contributed by atoms with Gasteiger partial charge in [-0.3, -0.25) is 0 Å². The third kappa shape index (κ3) is 4.51. The van der Waals surface area contributed by atoms with Crippen molar-refractivity contribution in [1.29, 1.82) is 0 Å². The summed E-state index contributed by atoms with van der Waals surface area (Å²) in [7, 11) is 1.76. The van der Waals surface area contributed by atoms with Gasteiger partial charge < -0.3 is 19.4 Å². The molecular weight excluding hydrogens is 304 g/mol. The van der Waals surface area contributed by atoms with Crippen molar-refractivity contribution >= 4 is 17.1 Å². The minimum Gasteiger partial charge on any atom is -0.461 e. The van der Waals surface area contributed by atoms with Crippen LogP contribution in [0.5, 0.6) is 0 Å². The molecule has 24 heavy (non-hydrogen) atoms. The summed E-state index contributed by atoms with van der Waals surface area (Å²) < 4.78 is 11.2. The number of rotatable bonds is 5. The van der Waals surface area contributed by atoms with E-state index >= 15 is 0 Å². The fraction of sp³-hybridized carbons (Fsp3) is 0.526. The molecule has 132 valence electrons. The summed E-state index contributed by atoms with van der Waals surface area (Å²) in [5, 5.41) is 4.54. The Balaban J connectivity index is 1.91. The monoisotopic (exact) mass is 332 g/mol. The van der Waals surface area contributed by atoms with Crippen LogP contribution in [0.2, 0.25) is 0 Å². The zero-order chi connectivity index (χ0) is 17.9. The molecule has 1 N–H and O–H groups in total. The molecule has 2 rings (SSSR count). The van der Waals surface area contributed by atoms with Crippen molar-refractivity contribution < 1.29 is 13.9 Å². The highest BCUT2D eigenvalue weighted by Crippen LogP contribution is 2.24. The van der Waals surface area contributed by atoms with Crippen LogP contribution in [0, 0.1) is 6.92 Å². The number of ether oxygens (including phenoxy) is 1. The molecule has 1 amide bonds. The molecule has 1 atom stereocenters. The number of benzene rings is 1. The van der Waals surface area contributed by atoms with Crippen molar-refractivity contribution in [1.82, 2.24) is 10.2 Å². The summed E-state index contributed by atoms with van der Waals surface area (Å²) in [6.07, 6.45) is -0.304. The predicted molar refractivity (Wildman–Crippen MR) is 96.1 cm³/mol. The van der Waals surface area contributed by atoms with Gasteiger partial charge in [0.25, 0.3) is 0 Å². The van der Waals surface area contributed by atoms with Gasteiger partial charge in [0.2, 0.25) is 0 Å². The number of carbonyl (C=O) groups excluding carboxylic acids is 1. The van der Waals surface area contributed by atoms with Gasteiger partial charge in [-0.25, -0.2) is 4.79 Å². The summed E-state index contributed by atoms with van der Waals surface area (Å²) in [6.45, 7) is 11.0. The number of nitrogens with zero attached hydrogens (tertiary/aromatic N) is 1. The van der Waals surface area contributed by atoms with E-state index in [1.807, 2.05) is 52.8 Å². The van der Waals surface area contributed by atoms with Gasteiger partial charge in [0, 0.05) is 37.1 Å². The second kappa shape index (κ2) is 7.26. The van der Waals surface area contributed by atoms with Crippen LogP contribution in [0.3, 0.4) is 0 Å². The van der Waals surface area contributed by atoms with E-state index in [2.05, 4.69) is 11.4 Å². The Bertz CT molecular complexity index is 700. The molecule has 2 aromatic rings. The maximum absolute atomic E-state index is 12.1. The van der Waals surface area contributed by atoms with Gasteiger partial charge in [-0.05, 0) is 40.7 Å².